The van der Waals surface area contributed by atoms with Gasteiger partial charge in [-0.05, 0) is 24.3 Å². The van der Waals surface area contributed by atoms with E-state index in [1.165, 1.54) is 11.3 Å². The Balaban J connectivity index is 1.57. The molecule has 2 heterocycles. The van der Waals surface area contributed by atoms with E-state index in [-0.39, 0.29) is 18.2 Å². The van der Waals surface area contributed by atoms with Crippen molar-refractivity contribution in [3.63, 3.8) is 0 Å². The number of rotatable bonds is 4. The zero-order valence-electron chi connectivity index (χ0n) is 12.8. The van der Waals surface area contributed by atoms with Gasteiger partial charge in [0.2, 0.25) is 5.91 Å². The average Bonchev–Trinajstić information content (AvgIpc) is 3.03. The highest BCUT2D eigenvalue weighted by atomic mass is 35.5. The van der Waals surface area contributed by atoms with Gasteiger partial charge in [0.1, 0.15) is 0 Å². The van der Waals surface area contributed by atoms with Crippen molar-refractivity contribution in [1.82, 2.24) is 9.88 Å². The Morgan fingerprint density at radius 2 is 1.96 bits per heavy atom. The summed E-state index contributed by atoms with van der Waals surface area (Å²) in [5, 5.41) is 5.56. The highest BCUT2D eigenvalue weighted by molar-refractivity contribution is 7.14. The third-order valence-electron chi connectivity index (χ3n) is 3.57. The predicted molar refractivity (Wildman–Crippen MR) is 92.6 cm³/mol. The minimum Gasteiger partial charge on any atom is -0.378 e. The molecule has 0 atom stereocenters. The van der Waals surface area contributed by atoms with Gasteiger partial charge in [-0.15, -0.1) is 11.3 Å². The first-order chi connectivity index (χ1) is 11.6. The van der Waals surface area contributed by atoms with E-state index in [1.807, 2.05) is 0 Å². The van der Waals surface area contributed by atoms with Crippen LogP contribution >= 0.6 is 22.9 Å². The van der Waals surface area contributed by atoms with Gasteiger partial charge in [0, 0.05) is 29.1 Å². The van der Waals surface area contributed by atoms with E-state index in [1.54, 1.807) is 34.5 Å². The third-order valence-corrected chi connectivity index (χ3v) is 4.63. The number of anilines is 1. The Bertz CT molecular complexity index is 726. The summed E-state index contributed by atoms with van der Waals surface area (Å²) in [5.74, 6) is -0.230. The molecular weight excluding hydrogens is 350 g/mol. The van der Waals surface area contributed by atoms with Crippen molar-refractivity contribution < 1.29 is 14.3 Å². The van der Waals surface area contributed by atoms with Crippen molar-refractivity contribution in [3.05, 3.63) is 45.9 Å². The highest BCUT2D eigenvalue weighted by Gasteiger charge is 2.18. The Morgan fingerprint density at radius 3 is 2.67 bits per heavy atom. The molecule has 1 aromatic heterocycles. The Labute approximate surface area is 148 Å². The first kappa shape index (κ1) is 16.9. The van der Waals surface area contributed by atoms with Gasteiger partial charge < -0.3 is 9.64 Å². The largest absolute Gasteiger partial charge is 0.378 e. The monoisotopic (exact) mass is 365 g/mol. The maximum atomic E-state index is 12.2. The van der Waals surface area contributed by atoms with Crippen LogP contribution in [0.25, 0.3) is 0 Å². The van der Waals surface area contributed by atoms with Gasteiger partial charge >= 0.3 is 0 Å². The van der Waals surface area contributed by atoms with E-state index in [2.05, 4.69) is 10.3 Å². The number of thiazole rings is 1. The zero-order valence-corrected chi connectivity index (χ0v) is 14.4. The minimum atomic E-state index is -0.257. The van der Waals surface area contributed by atoms with Crippen molar-refractivity contribution >= 4 is 39.9 Å². The van der Waals surface area contributed by atoms with Gasteiger partial charge in [-0.2, -0.15) is 0 Å². The number of benzene rings is 1. The fraction of sp³-hybridized carbons (Fsp3) is 0.312. The van der Waals surface area contributed by atoms with Gasteiger partial charge in [-0.1, -0.05) is 11.6 Å². The molecule has 0 aliphatic carbocycles. The van der Waals surface area contributed by atoms with E-state index >= 15 is 0 Å². The van der Waals surface area contributed by atoms with E-state index in [0.29, 0.717) is 47.7 Å². The van der Waals surface area contributed by atoms with Crippen LogP contribution in [0.15, 0.2) is 29.6 Å². The fourth-order valence-electron chi connectivity index (χ4n) is 2.30. The van der Waals surface area contributed by atoms with Crippen LogP contribution < -0.4 is 5.32 Å². The fourth-order valence-corrected chi connectivity index (χ4v) is 3.13. The summed E-state index contributed by atoms with van der Waals surface area (Å²) in [6.07, 6.45) is 0.229. The second kappa shape index (κ2) is 7.74. The zero-order chi connectivity index (χ0) is 16.9. The van der Waals surface area contributed by atoms with Gasteiger partial charge in [0.15, 0.2) is 5.13 Å². The maximum absolute atomic E-state index is 12.2. The van der Waals surface area contributed by atoms with Crippen LogP contribution in [-0.2, 0) is 16.0 Å². The molecule has 0 spiro atoms. The first-order valence-electron chi connectivity index (χ1n) is 7.48. The minimum absolute atomic E-state index is 0.0270. The molecule has 1 aliphatic heterocycles. The lowest BCUT2D eigenvalue weighted by Gasteiger charge is -2.26. The smallest absolute Gasteiger partial charge is 0.257 e. The molecular formula is C16H16ClN3O3S. The maximum Gasteiger partial charge on any atom is 0.257 e. The van der Waals surface area contributed by atoms with Crippen LogP contribution in [0.3, 0.4) is 0 Å². The summed E-state index contributed by atoms with van der Waals surface area (Å²) in [5.41, 5.74) is 1.16. The standard InChI is InChI=1S/C16H16ClN3O3S/c17-12-3-1-11(2-4-12)15(22)19-16-18-13(10-24-16)9-14(21)20-5-7-23-8-6-20/h1-4,10H,5-9H2,(H,18,19,22). The Hall–Kier alpha value is -1.96. The Kier molecular flexibility index (Phi) is 5.44. The van der Waals surface area contributed by atoms with Crippen molar-refractivity contribution in [1.29, 1.82) is 0 Å². The predicted octanol–water partition coefficient (Wildman–Crippen LogP) is 2.45. The first-order valence-corrected chi connectivity index (χ1v) is 8.74. The number of hydrogen-bond donors (Lipinski definition) is 1. The molecule has 2 amide bonds. The summed E-state index contributed by atoms with van der Waals surface area (Å²) in [6, 6.07) is 6.61. The summed E-state index contributed by atoms with van der Waals surface area (Å²) >= 11 is 7.11. The topological polar surface area (TPSA) is 71.5 Å². The molecule has 0 bridgehead atoms. The molecule has 24 heavy (non-hydrogen) atoms. The SMILES string of the molecule is O=C(Nc1nc(CC(=O)N2CCOCC2)cs1)c1ccc(Cl)cc1. The normalized spacial score (nSPS) is 14.5. The van der Waals surface area contributed by atoms with Crippen LogP contribution in [0.2, 0.25) is 5.02 Å². The lowest BCUT2D eigenvalue weighted by atomic mass is 10.2. The quantitative estimate of drug-likeness (QED) is 0.903. The number of nitrogens with zero attached hydrogens (tertiary/aromatic N) is 2. The second-order valence-electron chi connectivity index (χ2n) is 5.27. The molecule has 1 fully saturated rings. The molecule has 1 aliphatic rings. The number of nitrogens with one attached hydrogen (secondary N) is 1. The van der Waals surface area contributed by atoms with Crippen LogP contribution in [0, 0.1) is 0 Å². The van der Waals surface area contributed by atoms with Crippen molar-refractivity contribution in [2.45, 2.75) is 6.42 Å². The number of carbonyl (C=O) groups excluding carboxylic acids is 2. The third kappa shape index (κ3) is 4.31. The number of carbonyl (C=O) groups is 2. The van der Waals surface area contributed by atoms with E-state index < -0.39 is 0 Å². The number of halogens is 1. The number of aromatic nitrogens is 1. The van der Waals surface area contributed by atoms with Crippen molar-refractivity contribution in [3.8, 4) is 0 Å². The second-order valence-corrected chi connectivity index (χ2v) is 6.57. The number of ether oxygens (including phenoxy) is 1. The molecule has 126 valence electrons. The lowest BCUT2D eigenvalue weighted by Crippen LogP contribution is -2.41. The molecule has 6 nitrogen and oxygen atoms in total. The van der Waals surface area contributed by atoms with Gasteiger partial charge in [-0.25, -0.2) is 4.98 Å². The van der Waals surface area contributed by atoms with Crippen LogP contribution in [-0.4, -0.2) is 48.0 Å². The molecule has 8 heteroatoms. The van der Waals surface area contributed by atoms with Crippen LogP contribution in [0.5, 0.6) is 0 Å². The van der Waals surface area contributed by atoms with Crippen LogP contribution in [0.4, 0.5) is 5.13 Å². The summed E-state index contributed by atoms with van der Waals surface area (Å²) < 4.78 is 5.23. The molecule has 2 aromatic rings. The van der Waals surface area contributed by atoms with Crippen molar-refractivity contribution in [2.24, 2.45) is 0 Å². The summed E-state index contributed by atoms with van der Waals surface area (Å²) in [4.78, 5) is 30.4. The number of morpholine rings is 1. The summed E-state index contributed by atoms with van der Waals surface area (Å²) in [6.45, 7) is 2.38. The van der Waals surface area contributed by atoms with Gasteiger partial charge in [0.25, 0.3) is 5.91 Å². The van der Waals surface area contributed by atoms with Gasteiger partial charge in [-0.3, -0.25) is 14.9 Å². The summed E-state index contributed by atoms with van der Waals surface area (Å²) in [7, 11) is 0. The molecule has 3 rings (SSSR count). The van der Waals surface area contributed by atoms with Crippen molar-refractivity contribution in [2.75, 3.05) is 31.6 Å². The molecule has 0 saturated carbocycles. The molecule has 1 N–H and O–H groups in total. The average molecular weight is 366 g/mol. The lowest BCUT2D eigenvalue weighted by molar-refractivity contribution is -0.134. The molecule has 1 saturated heterocycles. The molecule has 0 unspecified atom stereocenters. The van der Waals surface area contributed by atoms with E-state index in [4.69, 9.17) is 16.3 Å². The Morgan fingerprint density at radius 1 is 1.25 bits per heavy atom. The molecule has 0 radical (unpaired) electrons. The van der Waals surface area contributed by atoms with E-state index in [9.17, 15) is 9.59 Å². The molecule has 1 aromatic carbocycles. The van der Waals surface area contributed by atoms with E-state index in [0.717, 1.165) is 0 Å². The van der Waals surface area contributed by atoms with Crippen LogP contribution in [0.1, 0.15) is 16.1 Å². The number of hydrogen-bond acceptors (Lipinski definition) is 5. The van der Waals surface area contributed by atoms with Gasteiger partial charge in [0.05, 0.1) is 25.3 Å². The number of amides is 2. The highest BCUT2D eigenvalue weighted by Crippen LogP contribution is 2.18.